The fourth-order valence-electron chi connectivity index (χ4n) is 2.62. The first-order chi connectivity index (χ1) is 12.4. The van der Waals surface area contributed by atoms with Crippen LogP contribution in [0, 0.1) is 6.92 Å². The van der Waals surface area contributed by atoms with Gasteiger partial charge in [0, 0.05) is 12.6 Å². The third-order valence-electron chi connectivity index (χ3n) is 3.81. The van der Waals surface area contributed by atoms with Crippen LogP contribution < -0.4 is 25.9 Å². The summed E-state index contributed by atoms with van der Waals surface area (Å²) in [7, 11) is 3.15. The summed E-state index contributed by atoms with van der Waals surface area (Å²) in [4.78, 5) is 24.6. The smallest absolute Gasteiger partial charge is 0.373 e. The van der Waals surface area contributed by atoms with Gasteiger partial charge in [0.15, 0.2) is 17.3 Å². The molecule has 26 heavy (non-hydrogen) atoms. The van der Waals surface area contributed by atoms with Gasteiger partial charge in [0.05, 0.1) is 14.2 Å². The van der Waals surface area contributed by atoms with Crippen molar-refractivity contribution in [2.45, 2.75) is 33.2 Å². The van der Waals surface area contributed by atoms with Crippen LogP contribution in [0.4, 0.5) is 4.79 Å². The molecule has 1 amide bonds. The molecule has 142 valence electrons. The number of carbonyl (C=O) groups is 1. The van der Waals surface area contributed by atoms with Gasteiger partial charge < -0.3 is 20.2 Å². The van der Waals surface area contributed by atoms with E-state index in [4.69, 9.17) is 9.47 Å². The third kappa shape index (κ3) is 4.16. The second-order valence-corrected chi connectivity index (χ2v) is 5.83. The Kier molecular flexibility index (Phi) is 6.26. The van der Waals surface area contributed by atoms with E-state index in [1.54, 1.807) is 21.1 Å². The number of methoxy groups -OCH3 is 2. The topological polar surface area (TPSA) is 99.4 Å². The summed E-state index contributed by atoms with van der Waals surface area (Å²) in [5, 5.41) is 6.78. The van der Waals surface area contributed by atoms with Crippen molar-refractivity contribution in [2.75, 3.05) is 26.2 Å². The molecular formula is C17H25N5O4. The number of aromatic nitrogens is 3. The van der Waals surface area contributed by atoms with Crippen LogP contribution in [0.5, 0.6) is 11.5 Å². The van der Waals surface area contributed by atoms with Gasteiger partial charge in [0.25, 0.3) is 0 Å². The largest absolute Gasteiger partial charge is 0.493 e. The maximum atomic E-state index is 12.4. The van der Waals surface area contributed by atoms with Crippen LogP contribution in [0.1, 0.15) is 25.2 Å². The molecule has 0 aliphatic carbocycles. The molecule has 2 rings (SSSR count). The van der Waals surface area contributed by atoms with Gasteiger partial charge in [-0.1, -0.05) is 6.07 Å². The van der Waals surface area contributed by atoms with Gasteiger partial charge in [-0.25, -0.2) is 9.59 Å². The highest BCUT2D eigenvalue weighted by atomic mass is 16.5. The van der Waals surface area contributed by atoms with Crippen LogP contribution in [-0.2, 0) is 6.42 Å². The number of nitrogens with one attached hydrogen (secondary N) is 2. The molecule has 0 spiro atoms. The van der Waals surface area contributed by atoms with Crippen LogP contribution in [0.2, 0.25) is 0 Å². The van der Waals surface area contributed by atoms with Crippen LogP contribution in [-0.4, -0.2) is 47.3 Å². The lowest BCUT2D eigenvalue weighted by Gasteiger charge is -2.15. The molecule has 0 bridgehead atoms. The average molecular weight is 363 g/mol. The van der Waals surface area contributed by atoms with Gasteiger partial charge in [0.1, 0.15) is 0 Å². The molecule has 2 aromatic rings. The monoisotopic (exact) mass is 363 g/mol. The summed E-state index contributed by atoms with van der Waals surface area (Å²) in [5.74, 6) is 1.68. The first-order valence-electron chi connectivity index (χ1n) is 8.35. The van der Waals surface area contributed by atoms with E-state index in [9.17, 15) is 9.59 Å². The lowest BCUT2D eigenvalue weighted by molar-refractivity contribution is 0.235. The Morgan fingerprint density at radius 1 is 1.27 bits per heavy atom. The van der Waals surface area contributed by atoms with Gasteiger partial charge in [-0.15, -0.1) is 9.78 Å². The van der Waals surface area contributed by atoms with Crippen molar-refractivity contribution in [1.29, 1.82) is 0 Å². The van der Waals surface area contributed by atoms with E-state index < -0.39 is 11.7 Å². The predicted octanol–water partition coefficient (Wildman–Crippen LogP) is 1.12. The SMILES string of the molecule is CCNn1c(C)nn(C(=O)NC(C)Cc2ccc(OC)c(OC)c2)c1=O. The van der Waals surface area contributed by atoms with E-state index in [1.165, 1.54) is 4.68 Å². The second-order valence-electron chi connectivity index (χ2n) is 5.83. The number of rotatable bonds is 7. The van der Waals surface area contributed by atoms with Crippen molar-refractivity contribution < 1.29 is 14.3 Å². The van der Waals surface area contributed by atoms with Crippen molar-refractivity contribution in [1.82, 2.24) is 19.8 Å². The van der Waals surface area contributed by atoms with Gasteiger partial charge in [-0.05, 0) is 44.9 Å². The number of hydrogen-bond acceptors (Lipinski definition) is 6. The highest BCUT2D eigenvalue weighted by Gasteiger charge is 2.18. The molecule has 2 N–H and O–H groups in total. The maximum absolute atomic E-state index is 12.4. The minimum atomic E-state index is -0.567. The van der Waals surface area contributed by atoms with Crippen molar-refractivity contribution in [3.8, 4) is 11.5 Å². The van der Waals surface area contributed by atoms with Crippen LogP contribution in [0.25, 0.3) is 0 Å². The third-order valence-corrected chi connectivity index (χ3v) is 3.81. The molecule has 1 unspecified atom stereocenters. The van der Waals surface area contributed by atoms with Crippen molar-refractivity contribution in [3.05, 3.63) is 40.1 Å². The molecule has 1 heterocycles. The Bertz CT molecular complexity index is 827. The molecular weight excluding hydrogens is 338 g/mol. The quantitative estimate of drug-likeness (QED) is 0.765. The van der Waals surface area contributed by atoms with E-state index in [1.807, 2.05) is 32.0 Å². The lowest BCUT2D eigenvalue weighted by atomic mass is 10.1. The number of aryl methyl sites for hydroxylation is 1. The lowest BCUT2D eigenvalue weighted by Crippen LogP contribution is -2.43. The molecule has 0 radical (unpaired) electrons. The maximum Gasteiger partial charge on any atom is 0.373 e. The van der Waals surface area contributed by atoms with E-state index >= 15 is 0 Å². The zero-order chi connectivity index (χ0) is 19.3. The molecule has 9 heteroatoms. The molecule has 0 saturated carbocycles. The Morgan fingerprint density at radius 2 is 1.96 bits per heavy atom. The first kappa shape index (κ1) is 19.4. The summed E-state index contributed by atoms with van der Waals surface area (Å²) >= 11 is 0. The van der Waals surface area contributed by atoms with Gasteiger partial charge in [-0.3, -0.25) is 0 Å². The number of benzene rings is 1. The number of hydrogen-bond donors (Lipinski definition) is 2. The molecule has 0 fully saturated rings. The number of nitrogens with zero attached hydrogens (tertiary/aromatic N) is 3. The van der Waals surface area contributed by atoms with Crippen molar-refractivity contribution in [3.63, 3.8) is 0 Å². The fourth-order valence-corrected chi connectivity index (χ4v) is 2.62. The van der Waals surface area contributed by atoms with Crippen molar-refractivity contribution in [2.24, 2.45) is 0 Å². The van der Waals surface area contributed by atoms with Gasteiger partial charge in [-0.2, -0.15) is 4.68 Å². The predicted molar refractivity (Wildman–Crippen MR) is 97.8 cm³/mol. The van der Waals surface area contributed by atoms with Gasteiger partial charge in [0.2, 0.25) is 0 Å². The van der Waals surface area contributed by atoms with E-state index in [2.05, 4.69) is 15.8 Å². The van der Waals surface area contributed by atoms with E-state index in [-0.39, 0.29) is 6.04 Å². The summed E-state index contributed by atoms with van der Waals surface area (Å²) in [6.45, 7) is 5.91. The first-order valence-corrected chi connectivity index (χ1v) is 8.35. The Labute approximate surface area is 151 Å². The minimum Gasteiger partial charge on any atom is -0.493 e. The summed E-state index contributed by atoms with van der Waals surface area (Å²) < 4.78 is 12.6. The fraction of sp³-hybridized carbons (Fsp3) is 0.471. The molecule has 0 aliphatic heterocycles. The average Bonchev–Trinajstić information content (AvgIpc) is 2.90. The second kappa shape index (κ2) is 8.41. The van der Waals surface area contributed by atoms with Crippen LogP contribution in [0.3, 0.4) is 0 Å². The summed E-state index contributed by atoms with van der Waals surface area (Å²) in [6.07, 6.45) is 0.563. The zero-order valence-electron chi connectivity index (χ0n) is 15.7. The van der Waals surface area contributed by atoms with E-state index in [0.717, 1.165) is 10.2 Å². The molecule has 9 nitrogen and oxygen atoms in total. The minimum absolute atomic E-state index is 0.211. The molecule has 0 saturated heterocycles. The highest BCUT2D eigenvalue weighted by Crippen LogP contribution is 2.27. The molecule has 1 atom stereocenters. The van der Waals surface area contributed by atoms with Crippen LogP contribution >= 0.6 is 0 Å². The summed E-state index contributed by atoms with van der Waals surface area (Å²) in [5.41, 5.74) is 3.29. The normalized spacial score (nSPS) is 11.7. The molecule has 0 aliphatic rings. The summed E-state index contributed by atoms with van der Waals surface area (Å²) in [6, 6.07) is 4.80. The molecule has 1 aromatic heterocycles. The standard InChI is InChI=1S/C17H25N5O4/c1-6-18-21-12(3)20-22(17(21)24)16(23)19-11(2)9-13-7-8-14(25-4)15(10-13)26-5/h7-8,10-11,18H,6,9H2,1-5H3,(H,19,23). The van der Waals surface area contributed by atoms with E-state index in [0.29, 0.717) is 30.3 Å². The van der Waals surface area contributed by atoms with Crippen LogP contribution in [0.15, 0.2) is 23.0 Å². The van der Waals surface area contributed by atoms with Crippen molar-refractivity contribution >= 4 is 6.03 Å². The Hall–Kier alpha value is -2.97. The van der Waals surface area contributed by atoms with Gasteiger partial charge >= 0.3 is 11.7 Å². The zero-order valence-corrected chi connectivity index (χ0v) is 15.7. The number of ether oxygens (including phenoxy) is 2. The Balaban J connectivity index is 2.08. The Morgan fingerprint density at radius 3 is 2.58 bits per heavy atom. The number of carbonyl (C=O) groups excluding carboxylic acids is 1. The number of amides is 1. The highest BCUT2D eigenvalue weighted by molar-refractivity contribution is 5.75. The molecule has 1 aromatic carbocycles.